The number of carbonyl (C=O) groups excluding carboxylic acids is 2. The normalized spacial score (nSPS) is 10.2. The van der Waals surface area contributed by atoms with E-state index >= 15 is 0 Å². The van der Waals surface area contributed by atoms with Crippen molar-refractivity contribution in [1.82, 2.24) is 15.4 Å². The number of hydrogen-bond acceptors (Lipinski definition) is 10. The zero-order valence-corrected chi connectivity index (χ0v) is 16.4. The molecule has 0 radical (unpaired) electrons. The van der Waals surface area contributed by atoms with Crippen LogP contribution < -0.4 is 16.2 Å². The first-order valence-corrected chi connectivity index (χ1v) is 8.95. The van der Waals surface area contributed by atoms with Gasteiger partial charge < -0.3 is 5.32 Å². The summed E-state index contributed by atoms with van der Waals surface area (Å²) in [4.78, 5) is 52.8. The number of para-hydroxylation sites is 1. The number of hydrazine groups is 1. The Hall–Kier alpha value is -4.94. The molecule has 3 N–H and O–H groups in total. The van der Waals surface area contributed by atoms with Crippen LogP contribution in [0.25, 0.3) is 0 Å². The van der Waals surface area contributed by atoms with E-state index in [0.29, 0.717) is 11.3 Å². The molecular weight excluding hydrogens is 422 g/mol. The predicted octanol–water partition coefficient (Wildman–Crippen LogP) is 3.00. The van der Waals surface area contributed by atoms with Crippen molar-refractivity contribution in [1.29, 1.82) is 0 Å². The number of anilines is 3. The SMILES string of the molecule is CC(=O)c1cccc(Nc2ncnc(NNC(=O)c3ccccc3[N+](=O)[O-])c2[N+](=O)[O-])c1. The highest BCUT2D eigenvalue weighted by atomic mass is 16.6. The Kier molecular flexibility index (Phi) is 6.29. The highest BCUT2D eigenvalue weighted by Gasteiger charge is 2.25. The molecule has 0 spiro atoms. The van der Waals surface area contributed by atoms with E-state index in [-0.39, 0.29) is 23.0 Å². The van der Waals surface area contributed by atoms with Crippen LogP contribution in [0.4, 0.5) is 28.7 Å². The Bertz CT molecular complexity index is 1230. The van der Waals surface area contributed by atoms with Gasteiger partial charge in [-0.15, -0.1) is 0 Å². The molecule has 0 saturated heterocycles. The van der Waals surface area contributed by atoms with Crippen molar-refractivity contribution in [3.8, 4) is 0 Å². The maximum atomic E-state index is 12.4. The third-order valence-corrected chi connectivity index (χ3v) is 4.18. The molecule has 0 aliphatic heterocycles. The van der Waals surface area contributed by atoms with E-state index in [2.05, 4.69) is 26.1 Å². The first-order valence-electron chi connectivity index (χ1n) is 8.95. The lowest BCUT2D eigenvalue weighted by Gasteiger charge is -2.11. The number of nitrogens with one attached hydrogen (secondary N) is 3. The fourth-order valence-electron chi connectivity index (χ4n) is 2.70. The zero-order valence-electron chi connectivity index (χ0n) is 16.4. The van der Waals surface area contributed by atoms with Crippen molar-refractivity contribution in [2.24, 2.45) is 0 Å². The van der Waals surface area contributed by atoms with Crippen LogP contribution in [-0.4, -0.2) is 31.5 Å². The summed E-state index contributed by atoms with van der Waals surface area (Å²) in [5.41, 5.74) is 3.95. The molecule has 13 nitrogen and oxygen atoms in total. The summed E-state index contributed by atoms with van der Waals surface area (Å²) in [6, 6.07) is 11.5. The van der Waals surface area contributed by atoms with Crippen molar-refractivity contribution < 1.29 is 19.4 Å². The molecule has 0 atom stereocenters. The summed E-state index contributed by atoms with van der Waals surface area (Å²) in [6.45, 7) is 1.38. The highest BCUT2D eigenvalue weighted by molar-refractivity contribution is 5.99. The Labute approximate surface area is 179 Å². The van der Waals surface area contributed by atoms with Gasteiger partial charge in [0, 0.05) is 17.3 Å². The van der Waals surface area contributed by atoms with Crippen molar-refractivity contribution in [2.45, 2.75) is 6.92 Å². The number of benzene rings is 2. The van der Waals surface area contributed by atoms with Crippen molar-refractivity contribution in [3.63, 3.8) is 0 Å². The summed E-state index contributed by atoms with van der Waals surface area (Å²) >= 11 is 0. The van der Waals surface area contributed by atoms with Crippen molar-refractivity contribution in [3.05, 3.63) is 86.2 Å². The molecule has 1 aromatic heterocycles. The van der Waals surface area contributed by atoms with Crippen LogP contribution >= 0.6 is 0 Å². The van der Waals surface area contributed by atoms with Gasteiger partial charge in [0.05, 0.1) is 9.85 Å². The summed E-state index contributed by atoms with van der Waals surface area (Å²) in [5, 5.41) is 25.5. The van der Waals surface area contributed by atoms with Gasteiger partial charge in [-0.05, 0) is 25.1 Å². The number of rotatable bonds is 8. The molecule has 32 heavy (non-hydrogen) atoms. The van der Waals surface area contributed by atoms with Gasteiger partial charge >= 0.3 is 5.69 Å². The van der Waals surface area contributed by atoms with Crippen LogP contribution in [0.5, 0.6) is 0 Å². The maximum Gasteiger partial charge on any atom is 0.355 e. The van der Waals surface area contributed by atoms with Gasteiger partial charge in [0.15, 0.2) is 5.78 Å². The quantitative estimate of drug-likeness (QED) is 0.269. The zero-order chi connectivity index (χ0) is 23.3. The van der Waals surface area contributed by atoms with E-state index in [1.807, 2.05) is 0 Å². The standard InChI is InChI=1S/C19H15N7O6/c1-11(27)12-5-4-6-13(9-12)22-17-16(26(31)32)18(21-10-20-17)23-24-19(28)14-7-2-3-8-15(14)25(29)30/h2-10H,1H3,(H,24,28)(H2,20,21,22,23). The van der Waals surface area contributed by atoms with Crippen LogP contribution in [0.15, 0.2) is 54.9 Å². The Balaban J connectivity index is 1.86. The molecule has 162 valence electrons. The van der Waals surface area contributed by atoms with E-state index in [1.54, 1.807) is 18.2 Å². The highest BCUT2D eigenvalue weighted by Crippen LogP contribution is 2.31. The smallest absolute Gasteiger partial charge is 0.334 e. The molecule has 0 fully saturated rings. The number of hydrogen-bond donors (Lipinski definition) is 3. The van der Waals surface area contributed by atoms with Crippen LogP contribution in [0, 0.1) is 20.2 Å². The first kappa shape index (κ1) is 21.8. The number of nitro benzene ring substituents is 1. The fraction of sp³-hybridized carbons (Fsp3) is 0.0526. The monoisotopic (exact) mass is 437 g/mol. The Morgan fingerprint density at radius 2 is 1.66 bits per heavy atom. The number of Topliss-reactive ketones (excluding diaryl/α,β-unsaturated/α-hetero) is 1. The van der Waals surface area contributed by atoms with E-state index in [1.165, 1.54) is 31.2 Å². The fourth-order valence-corrected chi connectivity index (χ4v) is 2.70. The lowest BCUT2D eigenvalue weighted by Crippen LogP contribution is -2.30. The molecule has 0 saturated carbocycles. The molecule has 0 bridgehead atoms. The van der Waals surface area contributed by atoms with Crippen LogP contribution in [0.1, 0.15) is 27.6 Å². The second-order valence-electron chi connectivity index (χ2n) is 6.29. The number of aromatic nitrogens is 2. The minimum Gasteiger partial charge on any atom is -0.334 e. The molecule has 1 amide bonds. The van der Waals surface area contributed by atoms with Gasteiger partial charge in [-0.2, -0.15) is 0 Å². The predicted molar refractivity (Wildman–Crippen MR) is 113 cm³/mol. The van der Waals surface area contributed by atoms with Crippen LogP contribution in [-0.2, 0) is 0 Å². The van der Waals surface area contributed by atoms with E-state index in [0.717, 1.165) is 12.4 Å². The Morgan fingerprint density at radius 1 is 0.938 bits per heavy atom. The third kappa shape index (κ3) is 4.79. The molecule has 0 unspecified atom stereocenters. The van der Waals surface area contributed by atoms with E-state index in [4.69, 9.17) is 0 Å². The number of carbonyl (C=O) groups is 2. The minimum absolute atomic E-state index is 0.189. The lowest BCUT2D eigenvalue weighted by atomic mass is 10.1. The number of nitro groups is 2. The number of nitrogens with zero attached hydrogens (tertiary/aromatic N) is 4. The molecule has 13 heteroatoms. The molecule has 2 aromatic carbocycles. The molecule has 1 heterocycles. The average Bonchev–Trinajstić information content (AvgIpc) is 2.77. The second kappa shape index (κ2) is 9.25. The van der Waals surface area contributed by atoms with Crippen LogP contribution in [0.2, 0.25) is 0 Å². The second-order valence-corrected chi connectivity index (χ2v) is 6.29. The number of amides is 1. The van der Waals surface area contributed by atoms with Crippen LogP contribution in [0.3, 0.4) is 0 Å². The van der Waals surface area contributed by atoms with Crippen molar-refractivity contribution in [2.75, 3.05) is 10.7 Å². The molecule has 3 rings (SSSR count). The number of ketones is 1. The topological polar surface area (TPSA) is 182 Å². The third-order valence-electron chi connectivity index (χ3n) is 4.18. The molecule has 0 aliphatic carbocycles. The van der Waals surface area contributed by atoms with Gasteiger partial charge in [-0.1, -0.05) is 24.3 Å². The molecule has 3 aromatic rings. The average molecular weight is 437 g/mol. The minimum atomic E-state index is -0.895. The first-order chi connectivity index (χ1) is 15.3. The van der Waals surface area contributed by atoms with E-state index in [9.17, 15) is 29.8 Å². The maximum absolute atomic E-state index is 12.4. The van der Waals surface area contributed by atoms with E-state index < -0.39 is 27.1 Å². The van der Waals surface area contributed by atoms with Gasteiger partial charge in [0.25, 0.3) is 11.6 Å². The summed E-state index contributed by atoms with van der Waals surface area (Å²) in [5.74, 6) is -1.64. The summed E-state index contributed by atoms with van der Waals surface area (Å²) in [7, 11) is 0. The summed E-state index contributed by atoms with van der Waals surface area (Å²) in [6.07, 6.45) is 1.02. The molecule has 0 aliphatic rings. The lowest BCUT2D eigenvalue weighted by molar-refractivity contribution is -0.385. The molecular formula is C19H15N7O6. The van der Waals surface area contributed by atoms with Crippen molar-refractivity contribution >= 4 is 40.4 Å². The largest absolute Gasteiger partial charge is 0.355 e. The van der Waals surface area contributed by atoms with Gasteiger partial charge in [0.1, 0.15) is 11.9 Å². The van der Waals surface area contributed by atoms with Gasteiger partial charge in [-0.25, -0.2) is 9.97 Å². The van der Waals surface area contributed by atoms with Gasteiger partial charge in [0.2, 0.25) is 11.6 Å². The Morgan fingerprint density at radius 3 is 2.34 bits per heavy atom. The summed E-state index contributed by atoms with van der Waals surface area (Å²) < 4.78 is 0. The van der Waals surface area contributed by atoms with Gasteiger partial charge in [-0.3, -0.25) is 40.7 Å².